The molecule has 5 heteroatoms. The summed E-state index contributed by atoms with van der Waals surface area (Å²) in [6.07, 6.45) is 0.926. The summed E-state index contributed by atoms with van der Waals surface area (Å²) in [6, 6.07) is -0.0307. The van der Waals surface area contributed by atoms with Gasteiger partial charge in [-0.1, -0.05) is 6.92 Å². The van der Waals surface area contributed by atoms with Gasteiger partial charge in [0.1, 0.15) is 0 Å². The fourth-order valence-electron chi connectivity index (χ4n) is 1.65. The first-order valence-electron chi connectivity index (χ1n) is 5.36. The molecule has 5 nitrogen and oxygen atoms in total. The van der Waals surface area contributed by atoms with Crippen LogP contribution in [-0.4, -0.2) is 53.1 Å². The average Bonchev–Trinajstić information content (AvgIpc) is 2.10. The average molecular weight is 214 g/mol. The molecule has 1 aliphatic rings. The SMILES string of the molecule is CCCN(CC)C(=O)N1CC(C(=O)O)C1. The molecule has 15 heavy (non-hydrogen) atoms. The topological polar surface area (TPSA) is 60.9 Å². The van der Waals surface area contributed by atoms with Crippen molar-refractivity contribution in [3.8, 4) is 0 Å². The maximum atomic E-state index is 11.8. The minimum absolute atomic E-state index is 0.0307. The Hall–Kier alpha value is -1.26. The van der Waals surface area contributed by atoms with Gasteiger partial charge in [-0.15, -0.1) is 0 Å². The van der Waals surface area contributed by atoms with Crippen molar-refractivity contribution < 1.29 is 14.7 Å². The van der Waals surface area contributed by atoms with Crippen LogP contribution >= 0.6 is 0 Å². The van der Waals surface area contributed by atoms with Gasteiger partial charge < -0.3 is 14.9 Å². The molecule has 0 unspecified atom stereocenters. The molecular weight excluding hydrogens is 196 g/mol. The van der Waals surface area contributed by atoms with E-state index in [2.05, 4.69) is 0 Å². The Morgan fingerprint density at radius 1 is 1.40 bits per heavy atom. The van der Waals surface area contributed by atoms with E-state index in [4.69, 9.17) is 5.11 Å². The van der Waals surface area contributed by atoms with Gasteiger partial charge >= 0.3 is 12.0 Å². The van der Waals surface area contributed by atoms with E-state index in [0.29, 0.717) is 19.6 Å². The molecule has 0 radical (unpaired) electrons. The van der Waals surface area contributed by atoms with Gasteiger partial charge in [0.05, 0.1) is 5.92 Å². The molecule has 1 aliphatic heterocycles. The molecule has 0 bridgehead atoms. The zero-order valence-corrected chi connectivity index (χ0v) is 9.27. The van der Waals surface area contributed by atoms with Crippen molar-refractivity contribution >= 4 is 12.0 Å². The maximum absolute atomic E-state index is 11.8. The number of urea groups is 1. The van der Waals surface area contributed by atoms with Gasteiger partial charge in [0, 0.05) is 26.2 Å². The molecule has 1 fully saturated rings. The van der Waals surface area contributed by atoms with Crippen molar-refractivity contribution in [2.45, 2.75) is 20.3 Å². The van der Waals surface area contributed by atoms with Gasteiger partial charge in [-0.05, 0) is 13.3 Å². The summed E-state index contributed by atoms with van der Waals surface area (Å²) in [7, 11) is 0. The van der Waals surface area contributed by atoms with Crippen molar-refractivity contribution in [3.63, 3.8) is 0 Å². The van der Waals surface area contributed by atoms with Crippen LogP contribution < -0.4 is 0 Å². The first-order chi connectivity index (χ1) is 7.10. The fourth-order valence-corrected chi connectivity index (χ4v) is 1.65. The zero-order chi connectivity index (χ0) is 11.4. The van der Waals surface area contributed by atoms with Crippen molar-refractivity contribution in [1.82, 2.24) is 9.80 Å². The number of carbonyl (C=O) groups excluding carboxylic acids is 1. The molecule has 0 aromatic heterocycles. The second-order valence-electron chi connectivity index (χ2n) is 3.80. The lowest BCUT2D eigenvalue weighted by Gasteiger charge is -2.39. The summed E-state index contributed by atoms with van der Waals surface area (Å²) in [5.41, 5.74) is 0. The molecule has 1 saturated heterocycles. The molecule has 1 rings (SSSR count). The summed E-state index contributed by atoms with van der Waals surface area (Å²) in [5, 5.41) is 8.68. The normalized spacial score (nSPS) is 16.0. The van der Waals surface area contributed by atoms with Crippen molar-refractivity contribution in [2.24, 2.45) is 5.92 Å². The third kappa shape index (κ3) is 2.61. The van der Waals surface area contributed by atoms with E-state index >= 15 is 0 Å². The fraction of sp³-hybridized carbons (Fsp3) is 0.800. The highest BCUT2D eigenvalue weighted by atomic mass is 16.4. The molecule has 0 aromatic rings. The number of carbonyl (C=O) groups is 2. The second-order valence-corrected chi connectivity index (χ2v) is 3.80. The number of amides is 2. The summed E-state index contributed by atoms with van der Waals surface area (Å²) in [5.74, 6) is -1.17. The number of nitrogens with zero attached hydrogens (tertiary/aromatic N) is 2. The van der Waals surface area contributed by atoms with Crippen molar-refractivity contribution in [2.75, 3.05) is 26.2 Å². The van der Waals surface area contributed by atoms with E-state index in [0.717, 1.165) is 13.0 Å². The van der Waals surface area contributed by atoms with E-state index in [1.165, 1.54) is 0 Å². The molecule has 0 spiro atoms. The highest BCUT2D eigenvalue weighted by Gasteiger charge is 2.36. The predicted octanol–water partition coefficient (Wildman–Crippen LogP) is 0.855. The summed E-state index contributed by atoms with van der Waals surface area (Å²) < 4.78 is 0. The number of carboxylic acid groups (broad SMARTS) is 1. The number of hydrogen-bond acceptors (Lipinski definition) is 2. The number of hydrogen-bond donors (Lipinski definition) is 1. The highest BCUT2D eigenvalue weighted by Crippen LogP contribution is 2.17. The van der Waals surface area contributed by atoms with Gasteiger partial charge in [-0.25, -0.2) is 4.79 Å². The van der Waals surface area contributed by atoms with Crippen LogP contribution in [0, 0.1) is 5.92 Å². The van der Waals surface area contributed by atoms with Gasteiger partial charge in [0.25, 0.3) is 0 Å². The number of likely N-dealkylation sites (tertiary alicyclic amines) is 1. The smallest absolute Gasteiger partial charge is 0.320 e. The number of carboxylic acids is 1. The minimum atomic E-state index is -0.808. The van der Waals surface area contributed by atoms with E-state index < -0.39 is 5.97 Å². The molecule has 1 N–H and O–H groups in total. The van der Waals surface area contributed by atoms with Crippen LogP contribution in [0.1, 0.15) is 20.3 Å². The third-order valence-corrected chi connectivity index (χ3v) is 2.65. The Morgan fingerprint density at radius 2 is 2.00 bits per heavy atom. The van der Waals surface area contributed by atoms with E-state index in [1.807, 2.05) is 13.8 Å². The lowest BCUT2D eigenvalue weighted by atomic mass is 10.0. The van der Waals surface area contributed by atoms with Crippen LogP contribution in [0.15, 0.2) is 0 Å². The monoisotopic (exact) mass is 214 g/mol. The molecule has 1 heterocycles. The summed E-state index contributed by atoms with van der Waals surface area (Å²) in [6.45, 7) is 6.08. The van der Waals surface area contributed by atoms with Crippen LogP contribution in [0.4, 0.5) is 4.79 Å². The van der Waals surface area contributed by atoms with Crippen LogP contribution in [-0.2, 0) is 4.79 Å². The zero-order valence-electron chi connectivity index (χ0n) is 9.27. The van der Waals surface area contributed by atoms with Crippen molar-refractivity contribution in [3.05, 3.63) is 0 Å². The molecule has 0 saturated carbocycles. The van der Waals surface area contributed by atoms with Crippen molar-refractivity contribution in [1.29, 1.82) is 0 Å². The predicted molar refractivity (Wildman–Crippen MR) is 55.6 cm³/mol. The largest absolute Gasteiger partial charge is 0.481 e. The Balaban J connectivity index is 2.39. The number of rotatable bonds is 4. The van der Waals surface area contributed by atoms with E-state index in [1.54, 1.807) is 9.80 Å². The molecular formula is C10H18N2O3. The van der Waals surface area contributed by atoms with Crippen LogP contribution in [0.25, 0.3) is 0 Å². The molecule has 0 aliphatic carbocycles. The standard InChI is InChI=1S/C10H18N2O3/c1-3-5-11(4-2)10(15)12-6-8(7-12)9(13)14/h8H,3-7H2,1-2H3,(H,13,14). The maximum Gasteiger partial charge on any atom is 0.320 e. The van der Waals surface area contributed by atoms with Gasteiger partial charge in [-0.2, -0.15) is 0 Å². The van der Waals surface area contributed by atoms with Crippen LogP contribution in [0.5, 0.6) is 0 Å². The molecule has 0 atom stereocenters. The van der Waals surface area contributed by atoms with Gasteiger partial charge in [0.2, 0.25) is 0 Å². The molecule has 86 valence electrons. The minimum Gasteiger partial charge on any atom is -0.481 e. The van der Waals surface area contributed by atoms with E-state index in [-0.39, 0.29) is 11.9 Å². The molecule has 0 aromatic carbocycles. The quantitative estimate of drug-likeness (QED) is 0.754. The van der Waals surface area contributed by atoms with E-state index in [9.17, 15) is 9.59 Å². The van der Waals surface area contributed by atoms with Gasteiger partial charge in [0.15, 0.2) is 0 Å². The van der Waals surface area contributed by atoms with Crippen LogP contribution in [0.2, 0.25) is 0 Å². The lowest BCUT2D eigenvalue weighted by Crippen LogP contribution is -2.57. The Kier molecular flexibility index (Phi) is 3.94. The summed E-state index contributed by atoms with van der Waals surface area (Å²) in [4.78, 5) is 25.7. The Bertz CT molecular complexity index is 249. The first-order valence-corrected chi connectivity index (χ1v) is 5.36. The Labute approximate surface area is 89.7 Å². The summed E-state index contributed by atoms with van der Waals surface area (Å²) >= 11 is 0. The Morgan fingerprint density at radius 3 is 2.40 bits per heavy atom. The van der Waals surface area contributed by atoms with Crippen LogP contribution in [0.3, 0.4) is 0 Å². The highest BCUT2D eigenvalue weighted by molar-refractivity contribution is 5.79. The lowest BCUT2D eigenvalue weighted by molar-refractivity contribution is -0.146. The first kappa shape index (κ1) is 11.8. The molecule has 2 amide bonds. The second kappa shape index (κ2) is 5.00. The number of aliphatic carboxylic acids is 1. The van der Waals surface area contributed by atoms with Gasteiger partial charge in [-0.3, -0.25) is 4.79 Å². The third-order valence-electron chi connectivity index (χ3n) is 2.65.